The first-order valence-electron chi connectivity index (χ1n) is 6.41. The summed E-state index contributed by atoms with van der Waals surface area (Å²) in [7, 11) is 0. The van der Waals surface area contributed by atoms with E-state index in [1.54, 1.807) is 6.07 Å². The van der Waals surface area contributed by atoms with Gasteiger partial charge in [-0.1, -0.05) is 17.3 Å². The van der Waals surface area contributed by atoms with E-state index < -0.39 is 24.1 Å². The Bertz CT molecular complexity index is 830. The van der Waals surface area contributed by atoms with E-state index in [2.05, 4.69) is 5.16 Å². The Labute approximate surface area is 123 Å². The van der Waals surface area contributed by atoms with E-state index in [4.69, 9.17) is 4.52 Å². The van der Waals surface area contributed by atoms with Crippen LogP contribution in [0.1, 0.15) is 5.56 Å². The van der Waals surface area contributed by atoms with Crippen molar-refractivity contribution in [2.24, 2.45) is 0 Å². The lowest BCUT2D eigenvalue weighted by atomic mass is 10.0. The minimum Gasteiger partial charge on any atom is -0.391 e. The van der Waals surface area contributed by atoms with Crippen LogP contribution in [0.5, 0.6) is 0 Å². The van der Waals surface area contributed by atoms with Gasteiger partial charge in [-0.15, -0.1) is 0 Å². The van der Waals surface area contributed by atoms with Gasteiger partial charge in [0.25, 0.3) is 0 Å². The fraction of sp³-hybridized carbons (Fsp3) is 0.0625. The maximum absolute atomic E-state index is 13.3. The number of rotatable bonds is 3. The van der Waals surface area contributed by atoms with Crippen molar-refractivity contribution in [2.45, 2.75) is 6.61 Å². The molecule has 1 N–H and O–H groups in total. The van der Waals surface area contributed by atoms with Gasteiger partial charge in [-0.05, 0) is 30.3 Å². The Morgan fingerprint density at radius 3 is 2.45 bits per heavy atom. The standard InChI is InChI=1S/C16H10F3NO2/c17-11-3-1-2-10(6-11)16-12(8-21)15(20-22-16)9-4-5-13(18)14(19)7-9/h1-7,21H,8H2. The zero-order valence-electron chi connectivity index (χ0n) is 11.2. The van der Waals surface area contributed by atoms with Gasteiger partial charge in [-0.25, -0.2) is 13.2 Å². The van der Waals surface area contributed by atoms with E-state index in [1.807, 2.05) is 0 Å². The van der Waals surface area contributed by atoms with Crippen molar-refractivity contribution in [2.75, 3.05) is 0 Å². The number of hydrogen-bond donors (Lipinski definition) is 1. The van der Waals surface area contributed by atoms with E-state index in [1.165, 1.54) is 24.3 Å². The lowest BCUT2D eigenvalue weighted by Crippen LogP contribution is -1.91. The minimum atomic E-state index is -1.03. The first-order chi connectivity index (χ1) is 10.6. The maximum atomic E-state index is 13.3. The molecule has 1 aromatic heterocycles. The molecule has 0 aliphatic heterocycles. The zero-order valence-corrected chi connectivity index (χ0v) is 11.2. The normalized spacial score (nSPS) is 10.9. The second kappa shape index (κ2) is 5.65. The van der Waals surface area contributed by atoms with E-state index in [0.717, 1.165) is 12.1 Å². The van der Waals surface area contributed by atoms with Crippen LogP contribution in [0, 0.1) is 17.5 Å². The Balaban J connectivity index is 2.13. The number of hydrogen-bond acceptors (Lipinski definition) is 3. The van der Waals surface area contributed by atoms with Gasteiger partial charge >= 0.3 is 0 Å². The molecule has 2 aromatic carbocycles. The van der Waals surface area contributed by atoms with Crippen LogP contribution in [0.15, 0.2) is 47.0 Å². The number of halogens is 3. The van der Waals surface area contributed by atoms with Gasteiger partial charge in [0.05, 0.1) is 12.2 Å². The molecule has 0 saturated carbocycles. The van der Waals surface area contributed by atoms with Crippen molar-refractivity contribution < 1.29 is 22.8 Å². The fourth-order valence-corrected chi connectivity index (χ4v) is 2.18. The molecule has 3 rings (SSSR count). The summed E-state index contributed by atoms with van der Waals surface area (Å²) in [4.78, 5) is 0. The molecule has 0 spiro atoms. The quantitative estimate of drug-likeness (QED) is 0.798. The molecular formula is C16H10F3NO2. The molecule has 0 amide bonds. The van der Waals surface area contributed by atoms with Gasteiger partial charge < -0.3 is 9.63 Å². The van der Waals surface area contributed by atoms with Crippen molar-refractivity contribution in [1.82, 2.24) is 5.16 Å². The summed E-state index contributed by atoms with van der Waals surface area (Å²) in [5, 5.41) is 13.3. The average Bonchev–Trinajstić information content (AvgIpc) is 2.94. The fourth-order valence-electron chi connectivity index (χ4n) is 2.18. The molecule has 6 heteroatoms. The van der Waals surface area contributed by atoms with Crippen LogP contribution in [0.4, 0.5) is 13.2 Å². The van der Waals surface area contributed by atoms with Crippen LogP contribution < -0.4 is 0 Å². The van der Waals surface area contributed by atoms with Crippen LogP contribution in [-0.2, 0) is 6.61 Å². The SMILES string of the molecule is OCc1c(-c2ccc(F)c(F)c2)noc1-c1cccc(F)c1. The Morgan fingerprint density at radius 1 is 0.955 bits per heavy atom. The maximum Gasteiger partial charge on any atom is 0.173 e. The Hall–Kier alpha value is -2.60. The summed E-state index contributed by atoms with van der Waals surface area (Å²) in [6.07, 6.45) is 0. The second-order valence-corrected chi connectivity index (χ2v) is 4.64. The van der Waals surface area contributed by atoms with E-state index >= 15 is 0 Å². The number of benzene rings is 2. The van der Waals surface area contributed by atoms with Crippen molar-refractivity contribution in [3.63, 3.8) is 0 Å². The largest absolute Gasteiger partial charge is 0.391 e. The lowest BCUT2D eigenvalue weighted by Gasteiger charge is -2.02. The molecule has 0 radical (unpaired) electrons. The first-order valence-corrected chi connectivity index (χ1v) is 6.41. The van der Waals surface area contributed by atoms with Crippen molar-refractivity contribution >= 4 is 0 Å². The van der Waals surface area contributed by atoms with E-state index in [9.17, 15) is 18.3 Å². The first kappa shape index (κ1) is 14.3. The summed E-state index contributed by atoms with van der Waals surface area (Å²) < 4.78 is 44.8. The highest BCUT2D eigenvalue weighted by Gasteiger charge is 2.19. The summed E-state index contributed by atoms with van der Waals surface area (Å²) in [6, 6.07) is 8.83. The highest BCUT2D eigenvalue weighted by Crippen LogP contribution is 2.33. The highest BCUT2D eigenvalue weighted by molar-refractivity contribution is 5.72. The molecule has 0 aliphatic carbocycles. The monoisotopic (exact) mass is 305 g/mol. The van der Waals surface area contributed by atoms with Gasteiger partial charge in [0.2, 0.25) is 0 Å². The van der Waals surface area contributed by atoms with Crippen LogP contribution in [-0.4, -0.2) is 10.3 Å². The third-order valence-corrected chi connectivity index (χ3v) is 3.23. The molecule has 22 heavy (non-hydrogen) atoms. The Morgan fingerprint density at radius 2 is 1.77 bits per heavy atom. The molecule has 0 aliphatic rings. The predicted octanol–water partition coefficient (Wildman–Crippen LogP) is 3.92. The average molecular weight is 305 g/mol. The van der Waals surface area contributed by atoms with Crippen LogP contribution in [0.2, 0.25) is 0 Å². The Kier molecular flexibility index (Phi) is 3.68. The van der Waals surface area contributed by atoms with Gasteiger partial charge in [0.15, 0.2) is 17.4 Å². The van der Waals surface area contributed by atoms with Crippen LogP contribution in [0.3, 0.4) is 0 Å². The molecule has 0 bridgehead atoms. The summed E-state index contributed by atoms with van der Waals surface area (Å²) in [5.74, 6) is -2.30. The van der Waals surface area contributed by atoms with Crippen LogP contribution in [0.25, 0.3) is 22.6 Å². The van der Waals surface area contributed by atoms with Crippen molar-refractivity contribution in [3.05, 3.63) is 65.5 Å². The third-order valence-electron chi connectivity index (χ3n) is 3.23. The van der Waals surface area contributed by atoms with Gasteiger partial charge in [-0.2, -0.15) is 0 Å². The topological polar surface area (TPSA) is 46.3 Å². The molecule has 3 aromatic rings. The number of nitrogens with zero attached hydrogens (tertiary/aromatic N) is 1. The summed E-state index contributed by atoms with van der Waals surface area (Å²) in [5.41, 5.74) is 1.11. The number of aliphatic hydroxyl groups excluding tert-OH is 1. The van der Waals surface area contributed by atoms with Crippen molar-refractivity contribution in [3.8, 4) is 22.6 Å². The number of aliphatic hydroxyl groups is 1. The minimum absolute atomic E-state index is 0.181. The molecule has 3 nitrogen and oxygen atoms in total. The summed E-state index contributed by atoms with van der Waals surface area (Å²) >= 11 is 0. The lowest BCUT2D eigenvalue weighted by molar-refractivity contribution is 0.281. The molecule has 0 atom stereocenters. The molecule has 0 fully saturated rings. The van der Waals surface area contributed by atoms with E-state index in [-0.39, 0.29) is 22.6 Å². The van der Waals surface area contributed by atoms with Crippen LogP contribution >= 0.6 is 0 Å². The molecular weight excluding hydrogens is 295 g/mol. The van der Waals surface area contributed by atoms with E-state index in [0.29, 0.717) is 5.56 Å². The predicted molar refractivity (Wildman–Crippen MR) is 73.2 cm³/mol. The van der Waals surface area contributed by atoms with Gasteiger partial charge in [-0.3, -0.25) is 0 Å². The van der Waals surface area contributed by atoms with Gasteiger partial charge in [0, 0.05) is 11.1 Å². The molecule has 0 saturated heterocycles. The summed E-state index contributed by atoms with van der Waals surface area (Å²) in [6.45, 7) is -0.441. The molecule has 1 heterocycles. The molecule has 0 unspecified atom stereocenters. The number of aromatic nitrogens is 1. The smallest absolute Gasteiger partial charge is 0.173 e. The van der Waals surface area contributed by atoms with Crippen molar-refractivity contribution in [1.29, 1.82) is 0 Å². The third kappa shape index (κ3) is 2.48. The highest BCUT2D eigenvalue weighted by atomic mass is 19.2. The second-order valence-electron chi connectivity index (χ2n) is 4.64. The van der Waals surface area contributed by atoms with Gasteiger partial charge in [0.1, 0.15) is 11.5 Å². The zero-order chi connectivity index (χ0) is 15.7. The molecule has 112 valence electrons.